The Balaban J connectivity index is 1.24. The van der Waals surface area contributed by atoms with Crippen molar-refractivity contribution in [1.82, 2.24) is 9.97 Å². The molecule has 0 amide bonds. The molecule has 0 aliphatic rings. The second kappa shape index (κ2) is 7.79. The zero-order valence-corrected chi connectivity index (χ0v) is 16.4. The minimum Gasteiger partial charge on any atom is -0.506 e. The average Bonchev–Trinajstić information content (AvgIpc) is 3.19. The first-order valence-electron chi connectivity index (χ1n) is 10.0. The number of fused-ring (bicyclic) bond motifs is 2. The quantitative estimate of drug-likeness (QED) is 0.293. The third kappa shape index (κ3) is 3.53. The van der Waals surface area contributed by atoms with Crippen LogP contribution in [0, 0.1) is 0 Å². The highest BCUT2D eigenvalue weighted by Crippen LogP contribution is 2.30. The van der Waals surface area contributed by atoms with E-state index in [1.807, 2.05) is 36.4 Å². The number of aromatic hydroxyl groups is 1. The van der Waals surface area contributed by atoms with E-state index in [2.05, 4.69) is 57.1 Å². The van der Waals surface area contributed by atoms with Crippen molar-refractivity contribution in [2.24, 2.45) is 0 Å². The van der Waals surface area contributed by atoms with Crippen LogP contribution in [0.4, 0.5) is 17.1 Å². The van der Waals surface area contributed by atoms with Gasteiger partial charge in [0.05, 0.1) is 0 Å². The van der Waals surface area contributed by atoms with E-state index in [1.54, 1.807) is 12.3 Å². The number of rotatable bonds is 6. The predicted molar refractivity (Wildman–Crippen MR) is 124 cm³/mol. The van der Waals surface area contributed by atoms with Crippen molar-refractivity contribution in [1.29, 1.82) is 0 Å². The molecule has 4 N–H and O–H groups in total. The topological polar surface area (TPSA) is 73.0 Å². The Morgan fingerprint density at radius 1 is 0.833 bits per heavy atom. The van der Waals surface area contributed by atoms with E-state index in [-0.39, 0.29) is 5.75 Å². The van der Waals surface area contributed by atoms with Gasteiger partial charge in [-0.15, -0.1) is 0 Å². The molecular formula is C25H22N4O. The number of pyridine rings is 1. The molecule has 148 valence electrons. The number of aromatic amines is 1. The van der Waals surface area contributed by atoms with E-state index in [9.17, 15) is 5.11 Å². The standard InChI is InChI=1S/C25H22N4O/c30-24-7-3-5-21-23(13-15-27-25(21)24)29-19-10-8-18(9-11-19)26-14-12-17-16-28-22-6-2-1-4-20(17)22/h1-11,13,15-16,26,28,30H,12,14H2,(H,27,29). The number of benzene rings is 3. The fraction of sp³-hybridized carbons (Fsp3) is 0.0800. The first-order valence-corrected chi connectivity index (χ1v) is 10.0. The number of H-pyrrole nitrogens is 1. The molecule has 0 spiro atoms. The van der Waals surface area contributed by atoms with Crippen LogP contribution in [0.15, 0.2) is 85.2 Å². The smallest absolute Gasteiger partial charge is 0.141 e. The largest absolute Gasteiger partial charge is 0.506 e. The molecule has 0 saturated carbocycles. The lowest BCUT2D eigenvalue weighted by molar-refractivity contribution is 0.480. The third-order valence-electron chi connectivity index (χ3n) is 5.31. The fourth-order valence-corrected chi connectivity index (χ4v) is 3.78. The van der Waals surface area contributed by atoms with Gasteiger partial charge in [0.2, 0.25) is 0 Å². The second-order valence-corrected chi connectivity index (χ2v) is 7.27. The van der Waals surface area contributed by atoms with E-state index in [0.29, 0.717) is 5.52 Å². The second-order valence-electron chi connectivity index (χ2n) is 7.27. The lowest BCUT2D eigenvalue weighted by atomic mass is 10.1. The summed E-state index contributed by atoms with van der Waals surface area (Å²) in [6.45, 7) is 0.864. The van der Waals surface area contributed by atoms with Crippen molar-refractivity contribution < 1.29 is 5.11 Å². The van der Waals surface area contributed by atoms with Crippen LogP contribution in [0.3, 0.4) is 0 Å². The molecule has 0 saturated heterocycles. The maximum Gasteiger partial charge on any atom is 0.141 e. The SMILES string of the molecule is Oc1cccc2c(Nc3ccc(NCCc4c[nH]c5ccccc45)cc3)ccnc12. The molecule has 0 aliphatic carbocycles. The van der Waals surface area contributed by atoms with Gasteiger partial charge in [0.1, 0.15) is 11.3 Å². The first-order chi connectivity index (χ1) is 14.8. The Hall–Kier alpha value is -3.99. The van der Waals surface area contributed by atoms with Crippen LogP contribution in [-0.2, 0) is 6.42 Å². The summed E-state index contributed by atoms with van der Waals surface area (Å²) in [5.41, 5.74) is 6.07. The van der Waals surface area contributed by atoms with E-state index in [4.69, 9.17) is 0 Å². The minimum absolute atomic E-state index is 0.186. The molecule has 0 fully saturated rings. The summed E-state index contributed by atoms with van der Waals surface area (Å²) >= 11 is 0. The molecule has 0 bridgehead atoms. The summed E-state index contributed by atoms with van der Waals surface area (Å²) in [6.07, 6.45) is 4.75. The summed E-state index contributed by atoms with van der Waals surface area (Å²) < 4.78 is 0. The van der Waals surface area contributed by atoms with Crippen LogP contribution in [0.5, 0.6) is 5.75 Å². The Labute approximate surface area is 174 Å². The average molecular weight is 394 g/mol. The summed E-state index contributed by atoms with van der Waals surface area (Å²) in [4.78, 5) is 7.60. The van der Waals surface area contributed by atoms with Crippen molar-refractivity contribution in [3.63, 3.8) is 0 Å². The number of phenolic OH excluding ortho intramolecular Hbond substituents is 1. The van der Waals surface area contributed by atoms with Gasteiger partial charge in [0.25, 0.3) is 0 Å². The molecule has 5 heteroatoms. The van der Waals surface area contributed by atoms with Crippen molar-refractivity contribution in [3.05, 3.63) is 90.8 Å². The fourth-order valence-electron chi connectivity index (χ4n) is 3.78. The number of nitrogens with zero attached hydrogens (tertiary/aromatic N) is 1. The molecule has 0 atom stereocenters. The number of para-hydroxylation sites is 2. The monoisotopic (exact) mass is 394 g/mol. The molecule has 0 radical (unpaired) electrons. The lowest BCUT2D eigenvalue weighted by Crippen LogP contribution is -2.04. The van der Waals surface area contributed by atoms with Gasteiger partial charge in [-0.25, -0.2) is 0 Å². The van der Waals surface area contributed by atoms with Gasteiger partial charge in [0.15, 0.2) is 0 Å². The van der Waals surface area contributed by atoms with E-state index < -0.39 is 0 Å². The maximum atomic E-state index is 10.0. The van der Waals surface area contributed by atoms with Crippen LogP contribution in [0.2, 0.25) is 0 Å². The van der Waals surface area contributed by atoms with E-state index in [0.717, 1.165) is 35.4 Å². The minimum atomic E-state index is 0.186. The molecule has 2 heterocycles. The van der Waals surface area contributed by atoms with Crippen LogP contribution < -0.4 is 10.6 Å². The number of hydrogen-bond acceptors (Lipinski definition) is 4. The predicted octanol–water partition coefficient (Wildman–Crippen LogP) is 5.82. The Bertz CT molecular complexity index is 1310. The molecule has 5 rings (SSSR count). The van der Waals surface area contributed by atoms with Crippen molar-refractivity contribution >= 4 is 38.9 Å². The highest BCUT2D eigenvalue weighted by molar-refractivity contribution is 5.95. The zero-order chi connectivity index (χ0) is 20.3. The highest BCUT2D eigenvalue weighted by Gasteiger charge is 2.06. The summed E-state index contributed by atoms with van der Waals surface area (Å²) in [6, 6.07) is 23.9. The molecule has 3 aromatic carbocycles. The Kier molecular flexibility index (Phi) is 4.69. The van der Waals surface area contributed by atoms with Crippen LogP contribution in [0.1, 0.15) is 5.56 Å². The number of aromatic nitrogens is 2. The third-order valence-corrected chi connectivity index (χ3v) is 5.31. The summed E-state index contributed by atoms with van der Waals surface area (Å²) in [7, 11) is 0. The summed E-state index contributed by atoms with van der Waals surface area (Å²) in [5, 5.41) is 19.1. The number of phenols is 1. The van der Waals surface area contributed by atoms with Gasteiger partial charge in [-0.3, -0.25) is 4.98 Å². The number of anilines is 3. The molecule has 0 aliphatic heterocycles. The van der Waals surface area contributed by atoms with Crippen molar-refractivity contribution in [3.8, 4) is 5.75 Å². The number of hydrogen-bond donors (Lipinski definition) is 4. The van der Waals surface area contributed by atoms with Gasteiger partial charge in [0, 0.05) is 52.3 Å². The first kappa shape index (κ1) is 18.1. The Morgan fingerprint density at radius 2 is 1.63 bits per heavy atom. The molecule has 5 nitrogen and oxygen atoms in total. The summed E-state index contributed by atoms with van der Waals surface area (Å²) in [5.74, 6) is 0.186. The molecular weight excluding hydrogens is 372 g/mol. The van der Waals surface area contributed by atoms with Crippen molar-refractivity contribution in [2.45, 2.75) is 6.42 Å². The van der Waals surface area contributed by atoms with Crippen LogP contribution in [0.25, 0.3) is 21.8 Å². The molecule has 30 heavy (non-hydrogen) atoms. The van der Waals surface area contributed by atoms with Gasteiger partial charge in [-0.1, -0.05) is 30.3 Å². The molecule has 5 aromatic rings. The lowest BCUT2D eigenvalue weighted by Gasteiger charge is -2.11. The van der Waals surface area contributed by atoms with E-state index in [1.165, 1.54) is 16.5 Å². The van der Waals surface area contributed by atoms with Crippen molar-refractivity contribution in [2.75, 3.05) is 17.2 Å². The van der Waals surface area contributed by atoms with E-state index >= 15 is 0 Å². The van der Waals surface area contributed by atoms with Gasteiger partial charge in [-0.05, 0) is 54.4 Å². The van der Waals surface area contributed by atoms with Gasteiger partial charge < -0.3 is 20.7 Å². The normalized spacial score (nSPS) is 11.1. The van der Waals surface area contributed by atoms with Gasteiger partial charge in [-0.2, -0.15) is 0 Å². The molecule has 2 aromatic heterocycles. The Morgan fingerprint density at radius 3 is 2.53 bits per heavy atom. The maximum absolute atomic E-state index is 10.0. The highest BCUT2D eigenvalue weighted by atomic mass is 16.3. The van der Waals surface area contributed by atoms with Crippen LogP contribution in [-0.4, -0.2) is 21.6 Å². The zero-order valence-electron chi connectivity index (χ0n) is 16.4. The van der Waals surface area contributed by atoms with Gasteiger partial charge >= 0.3 is 0 Å². The molecule has 0 unspecified atom stereocenters. The number of nitrogens with one attached hydrogen (secondary N) is 3. The van der Waals surface area contributed by atoms with Crippen LogP contribution >= 0.6 is 0 Å².